The summed E-state index contributed by atoms with van der Waals surface area (Å²) in [6.45, 7) is 6.70. The minimum absolute atomic E-state index is 0.0446. The number of fused-ring (bicyclic) bond motifs is 2. The first-order chi connectivity index (χ1) is 28.3. The Labute approximate surface area is 346 Å². The van der Waals surface area contributed by atoms with Gasteiger partial charge in [0.15, 0.2) is 0 Å². The SMILES string of the molecule is C=CCOC12Oc3ccc(Oc4cccc(C=O)c4)cc3C3C(CCCCO)C(CCCCO)C=C(C(=NOC)CC1N(C)C(=O)CCCCCCCCCCC)C32. The van der Waals surface area contributed by atoms with E-state index in [1.807, 2.05) is 36.2 Å². The Morgan fingerprint density at radius 1 is 0.948 bits per heavy atom. The van der Waals surface area contributed by atoms with Crippen molar-refractivity contribution >= 4 is 17.9 Å². The van der Waals surface area contributed by atoms with Crippen LogP contribution in [0.25, 0.3) is 0 Å². The van der Waals surface area contributed by atoms with Crippen LogP contribution in [0.3, 0.4) is 0 Å². The Kier molecular flexibility index (Phi) is 17.9. The van der Waals surface area contributed by atoms with Gasteiger partial charge in [-0.25, -0.2) is 0 Å². The smallest absolute Gasteiger partial charge is 0.239 e. The van der Waals surface area contributed by atoms with Crippen molar-refractivity contribution in [2.75, 3.05) is 34.0 Å². The molecule has 0 spiro atoms. The van der Waals surface area contributed by atoms with E-state index in [9.17, 15) is 19.8 Å². The molecule has 6 atom stereocenters. The third-order valence-electron chi connectivity index (χ3n) is 12.4. The minimum atomic E-state index is -1.28. The Bertz CT molecular complexity index is 1690. The number of allylic oxidation sites excluding steroid dienone is 1. The number of hydrogen-bond donors (Lipinski definition) is 2. The van der Waals surface area contributed by atoms with Crippen LogP contribution in [0.5, 0.6) is 17.2 Å². The lowest BCUT2D eigenvalue weighted by Crippen LogP contribution is -2.69. The van der Waals surface area contributed by atoms with Crippen LogP contribution in [-0.4, -0.2) is 78.8 Å². The Morgan fingerprint density at radius 3 is 2.34 bits per heavy atom. The van der Waals surface area contributed by atoms with Gasteiger partial charge in [0.2, 0.25) is 11.7 Å². The van der Waals surface area contributed by atoms with Gasteiger partial charge in [-0.1, -0.05) is 101 Å². The minimum Gasteiger partial charge on any atom is -0.459 e. The standard InChI is InChI=1S/C48H68N2O8/c1-5-7-8-9-10-11-12-13-14-24-45(54)50(3)44-33-42(49-55-4)40-31-36(21-15-17-27-51)39(23-16-18-28-52)46-41-32-38(57-37-22-19-20-35(30-37)34-53)25-26-43(41)58-48(44,47(40)46)56-29-6-2/h6,19-20,22,25-26,30-32,34,36,39,44,46-47,51-52H,2,5,7-18,21,23-24,27-29,33H2,1,3-4H3. The number of nitrogens with zero attached hydrogens (tertiary/aromatic N) is 2. The highest BCUT2D eigenvalue weighted by Gasteiger charge is 2.65. The summed E-state index contributed by atoms with van der Waals surface area (Å²) in [4.78, 5) is 33.2. The molecule has 0 saturated heterocycles. The Hall–Kier alpha value is -3.99. The summed E-state index contributed by atoms with van der Waals surface area (Å²) in [6, 6.07) is 12.4. The molecule has 1 heterocycles. The van der Waals surface area contributed by atoms with Crippen LogP contribution in [0.4, 0.5) is 0 Å². The molecular formula is C48H68N2O8. The molecule has 0 bridgehead atoms. The van der Waals surface area contributed by atoms with Gasteiger partial charge in [-0.3, -0.25) is 9.59 Å². The van der Waals surface area contributed by atoms with Crippen LogP contribution in [0.1, 0.15) is 138 Å². The second-order valence-corrected chi connectivity index (χ2v) is 16.3. The van der Waals surface area contributed by atoms with Gasteiger partial charge in [0.05, 0.1) is 18.2 Å². The quantitative estimate of drug-likeness (QED) is 0.0417. The summed E-state index contributed by atoms with van der Waals surface area (Å²) in [5.74, 6) is 0.296. The molecule has 1 amide bonds. The highest BCUT2D eigenvalue weighted by molar-refractivity contribution is 6.03. The fraction of sp³-hybridized carbons (Fsp3) is 0.604. The van der Waals surface area contributed by atoms with Gasteiger partial charge in [-0.15, -0.1) is 6.58 Å². The molecule has 5 rings (SSSR count). The van der Waals surface area contributed by atoms with Gasteiger partial charge < -0.3 is 34.2 Å². The molecule has 2 aliphatic carbocycles. The molecule has 10 nitrogen and oxygen atoms in total. The second-order valence-electron chi connectivity index (χ2n) is 16.3. The predicted molar refractivity (Wildman–Crippen MR) is 228 cm³/mol. The van der Waals surface area contributed by atoms with Crippen LogP contribution in [0, 0.1) is 17.8 Å². The fourth-order valence-corrected chi connectivity index (χ4v) is 9.63. The highest BCUT2D eigenvalue weighted by atomic mass is 16.7. The molecule has 0 radical (unpaired) electrons. The second kappa shape index (κ2) is 23.0. The Balaban J connectivity index is 1.57. The lowest BCUT2D eigenvalue weighted by molar-refractivity contribution is -0.255. The first-order valence-corrected chi connectivity index (χ1v) is 22.0. The maximum atomic E-state index is 14.2. The molecule has 1 fully saturated rings. The molecule has 10 heteroatoms. The average molecular weight is 801 g/mol. The van der Waals surface area contributed by atoms with Gasteiger partial charge in [-0.2, -0.15) is 0 Å². The molecule has 1 saturated carbocycles. The first kappa shape index (κ1) is 45.1. The zero-order valence-electron chi connectivity index (χ0n) is 35.2. The number of aliphatic hydroxyl groups excluding tert-OH is 2. The van der Waals surface area contributed by atoms with E-state index in [0.717, 1.165) is 68.1 Å². The van der Waals surface area contributed by atoms with Crippen LogP contribution >= 0.6 is 0 Å². The molecule has 1 aliphatic heterocycles. The largest absolute Gasteiger partial charge is 0.459 e. The van der Waals surface area contributed by atoms with Crippen molar-refractivity contribution in [2.45, 2.75) is 134 Å². The Morgan fingerprint density at radius 2 is 1.66 bits per heavy atom. The van der Waals surface area contributed by atoms with Crippen molar-refractivity contribution in [3.05, 3.63) is 77.9 Å². The lowest BCUT2D eigenvalue weighted by atomic mass is 9.55. The number of carbonyl (C=O) groups is 2. The van der Waals surface area contributed by atoms with Crippen LogP contribution in [-0.2, 0) is 14.4 Å². The van der Waals surface area contributed by atoms with Gasteiger partial charge in [-0.05, 0) is 79.8 Å². The summed E-state index contributed by atoms with van der Waals surface area (Å²) in [7, 11) is 3.43. The third kappa shape index (κ3) is 11.0. The number of carbonyl (C=O) groups excluding carboxylic acids is 2. The average Bonchev–Trinajstić information content (AvgIpc) is 3.23. The normalized spacial score (nSPS) is 23.9. The number of hydrogen-bond acceptors (Lipinski definition) is 9. The molecule has 3 aliphatic rings. The van der Waals surface area contributed by atoms with Crippen LogP contribution in [0.2, 0.25) is 0 Å². The molecule has 58 heavy (non-hydrogen) atoms. The summed E-state index contributed by atoms with van der Waals surface area (Å²) in [5.41, 5.74) is 3.26. The zero-order chi connectivity index (χ0) is 41.3. The topological polar surface area (TPSA) is 127 Å². The summed E-state index contributed by atoms with van der Waals surface area (Å²) in [6.07, 6.45) is 21.0. The molecule has 0 aromatic heterocycles. The van der Waals surface area contributed by atoms with E-state index < -0.39 is 11.8 Å². The van der Waals surface area contributed by atoms with Crippen molar-refractivity contribution in [3.63, 3.8) is 0 Å². The molecule has 318 valence electrons. The monoisotopic (exact) mass is 800 g/mol. The van der Waals surface area contributed by atoms with Crippen molar-refractivity contribution in [3.8, 4) is 17.2 Å². The molecule has 2 aromatic carbocycles. The fourth-order valence-electron chi connectivity index (χ4n) is 9.63. The van der Waals surface area contributed by atoms with Crippen molar-refractivity contribution in [1.29, 1.82) is 0 Å². The third-order valence-corrected chi connectivity index (χ3v) is 12.4. The highest BCUT2D eigenvalue weighted by Crippen LogP contribution is 2.62. The number of ether oxygens (including phenoxy) is 3. The van der Waals surface area contributed by atoms with Gasteiger partial charge in [0, 0.05) is 50.1 Å². The van der Waals surface area contributed by atoms with E-state index in [4.69, 9.17) is 19.0 Å². The number of likely N-dealkylation sites (N-methyl/N-ethyl adjacent to an activating group) is 1. The van der Waals surface area contributed by atoms with Crippen molar-refractivity contribution < 1.29 is 38.9 Å². The summed E-state index contributed by atoms with van der Waals surface area (Å²) in [5, 5.41) is 24.3. The molecule has 6 unspecified atom stereocenters. The number of rotatable bonds is 26. The van der Waals surface area contributed by atoms with E-state index in [1.54, 1.807) is 31.4 Å². The van der Waals surface area contributed by atoms with Gasteiger partial charge in [0.25, 0.3) is 0 Å². The number of oxime groups is 1. The van der Waals surface area contributed by atoms with Crippen molar-refractivity contribution in [2.24, 2.45) is 22.9 Å². The van der Waals surface area contributed by atoms with Crippen molar-refractivity contribution in [1.82, 2.24) is 4.90 Å². The van der Waals surface area contributed by atoms with E-state index in [2.05, 4.69) is 24.7 Å². The number of unbranched alkanes of at least 4 members (excludes halogenated alkanes) is 10. The van der Waals surface area contributed by atoms with E-state index in [1.165, 1.54) is 38.5 Å². The number of aliphatic hydroxyl groups is 2. The molecule has 2 N–H and O–H groups in total. The van der Waals surface area contributed by atoms with Crippen LogP contribution in [0.15, 0.2) is 71.9 Å². The molecule has 2 aromatic rings. The lowest BCUT2D eigenvalue weighted by Gasteiger charge is -2.59. The van der Waals surface area contributed by atoms with Gasteiger partial charge >= 0.3 is 0 Å². The van der Waals surface area contributed by atoms with Gasteiger partial charge in [0.1, 0.15) is 36.7 Å². The number of benzene rings is 2. The predicted octanol–water partition coefficient (Wildman–Crippen LogP) is 9.93. The number of amides is 1. The molecular weight excluding hydrogens is 733 g/mol. The van der Waals surface area contributed by atoms with Crippen LogP contribution < -0.4 is 9.47 Å². The maximum Gasteiger partial charge on any atom is 0.239 e. The summed E-state index contributed by atoms with van der Waals surface area (Å²) < 4.78 is 20.6. The summed E-state index contributed by atoms with van der Waals surface area (Å²) >= 11 is 0. The zero-order valence-corrected chi connectivity index (χ0v) is 35.2. The van der Waals surface area contributed by atoms with E-state index >= 15 is 0 Å². The maximum absolute atomic E-state index is 14.2. The first-order valence-electron chi connectivity index (χ1n) is 22.0. The van der Waals surface area contributed by atoms with E-state index in [-0.39, 0.29) is 49.4 Å². The number of aldehydes is 1. The van der Waals surface area contributed by atoms with E-state index in [0.29, 0.717) is 48.5 Å².